The van der Waals surface area contributed by atoms with Crippen LogP contribution in [0, 0.1) is 0 Å². The van der Waals surface area contributed by atoms with Crippen LogP contribution in [0.25, 0.3) is 0 Å². The summed E-state index contributed by atoms with van der Waals surface area (Å²) in [6.45, 7) is 3.06. The van der Waals surface area contributed by atoms with Crippen LogP contribution in [-0.4, -0.2) is 35.8 Å². The summed E-state index contributed by atoms with van der Waals surface area (Å²) in [4.78, 5) is 3.38. The zero-order chi connectivity index (χ0) is 15.4. The summed E-state index contributed by atoms with van der Waals surface area (Å²) in [6.07, 6.45) is 0.255. The molecule has 1 aliphatic rings. The van der Waals surface area contributed by atoms with Crippen LogP contribution in [-0.2, 0) is 11.3 Å². The lowest BCUT2D eigenvalue weighted by Crippen LogP contribution is -2.45. The van der Waals surface area contributed by atoms with Crippen molar-refractivity contribution in [2.24, 2.45) is 0 Å². The Hall–Kier alpha value is -0.910. The van der Waals surface area contributed by atoms with Gasteiger partial charge in [-0.1, -0.05) is 35.9 Å². The molecule has 1 fully saturated rings. The number of halogens is 1. The van der Waals surface area contributed by atoms with Crippen molar-refractivity contribution in [3.63, 3.8) is 0 Å². The Morgan fingerprint density at radius 1 is 1.32 bits per heavy atom. The molecule has 1 aromatic carbocycles. The molecular weight excluding hydrogens is 318 g/mol. The molecule has 2 unspecified atom stereocenters. The van der Waals surface area contributed by atoms with Crippen LogP contribution >= 0.6 is 22.9 Å². The van der Waals surface area contributed by atoms with Gasteiger partial charge in [-0.15, -0.1) is 11.3 Å². The summed E-state index contributed by atoms with van der Waals surface area (Å²) >= 11 is 7.87. The van der Waals surface area contributed by atoms with Gasteiger partial charge in [-0.3, -0.25) is 4.90 Å². The molecule has 0 spiro atoms. The molecule has 0 amide bonds. The highest BCUT2D eigenvalue weighted by Gasteiger charge is 2.26. The maximum Gasteiger partial charge on any atom is 0.0897 e. The van der Waals surface area contributed by atoms with Crippen LogP contribution in [0.4, 0.5) is 0 Å². The summed E-state index contributed by atoms with van der Waals surface area (Å²) in [7, 11) is 0. The molecular formula is C17H20ClNO2S. The second-order valence-corrected chi connectivity index (χ2v) is 6.94. The molecule has 2 heterocycles. The van der Waals surface area contributed by atoms with Gasteiger partial charge in [0.15, 0.2) is 0 Å². The van der Waals surface area contributed by atoms with Crippen LogP contribution in [0.1, 0.15) is 23.0 Å². The predicted molar refractivity (Wildman–Crippen MR) is 90.4 cm³/mol. The maximum atomic E-state index is 10.4. The van der Waals surface area contributed by atoms with Gasteiger partial charge in [0.25, 0.3) is 0 Å². The molecule has 0 saturated carbocycles. The molecule has 1 aromatic heterocycles. The number of aliphatic hydroxyl groups excluding tert-OH is 1. The fourth-order valence-electron chi connectivity index (χ4n) is 2.81. The quantitative estimate of drug-likeness (QED) is 0.902. The fourth-order valence-corrected chi connectivity index (χ4v) is 3.73. The molecule has 3 nitrogen and oxygen atoms in total. The van der Waals surface area contributed by atoms with Gasteiger partial charge in [0.1, 0.15) is 0 Å². The van der Waals surface area contributed by atoms with Gasteiger partial charge >= 0.3 is 0 Å². The van der Waals surface area contributed by atoms with Crippen molar-refractivity contribution >= 4 is 22.9 Å². The van der Waals surface area contributed by atoms with Gasteiger partial charge in [-0.05, 0) is 29.5 Å². The number of rotatable bonds is 5. The number of hydrogen-bond acceptors (Lipinski definition) is 4. The largest absolute Gasteiger partial charge is 0.388 e. The lowest BCUT2D eigenvalue weighted by Gasteiger charge is -2.36. The van der Waals surface area contributed by atoms with E-state index in [2.05, 4.69) is 11.0 Å². The molecule has 0 radical (unpaired) electrons. The maximum absolute atomic E-state index is 10.4. The van der Waals surface area contributed by atoms with Gasteiger partial charge in [-0.25, -0.2) is 0 Å². The number of hydrogen-bond donors (Lipinski definition) is 1. The smallest absolute Gasteiger partial charge is 0.0897 e. The van der Waals surface area contributed by atoms with Gasteiger partial charge in [-0.2, -0.15) is 0 Å². The minimum Gasteiger partial charge on any atom is -0.388 e. The van der Waals surface area contributed by atoms with Gasteiger partial charge in [0, 0.05) is 29.0 Å². The van der Waals surface area contributed by atoms with E-state index < -0.39 is 6.10 Å². The Balaban J connectivity index is 1.67. The van der Waals surface area contributed by atoms with E-state index in [4.69, 9.17) is 16.3 Å². The number of thiophene rings is 1. The second kappa shape index (κ2) is 7.57. The highest BCUT2D eigenvalue weighted by molar-refractivity contribution is 7.10. The van der Waals surface area contributed by atoms with Crippen LogP contribution in [0.5, 0.6) is 0 Å². The van der Waals surface area contributed by atoms with Crippen molar-refractivity contribution in [1.29, 1.82) is 0 Å². The third-order valence-corrected chi connectivity index (χ3v) is 5.39. The lowest BCUT2D eigenvalue weighted by molar-refractivity contribution is -0.0296. The minimum absolute atomic E-state index is 0.210. The molecule has 22 heavy (non-hydrogen) atoms. The van der Waals surface area contributed by atoms with Gasteiger partial charge in [0.2, 0.25) is 0 Å². The molecule has 0 aliphatic carbocycles. The third-order valence-electron chi connectivity index (χ3n) is 4.05. The summed E-state index contributed by atoms with van der Waals surface area (Å²) in [6, 6.07) is 12.1. The average molecular weight is 338 g/mol. The Morgan fingerprint density at radius 3 is 2.95 bits per heavy atom. The Labute approximate surface area is 140 Å². The third kappa shape index (κ3) is 3.89. The normalized spacial score (nSPS) is 20.9. The summed E-state index contributed by atoms with van der Waals surface area (Å²) < 4.78 is 5.62. The molecule has 0 bridgehead atoms. The van der Waals surface area contributed by atoms with Crippen molar-refractivity contribution in [2.45, 2.75) is 25.1 Å². The van der Waals surface area contributed by atoms with E-state index in [0.717, 1.165) is 35.2 Å². The molecule has 5 heteroatoms. The van der Waals surface area contributed by atoms with Gasteiger partial charge < -0.3 is 9.84 Å². The molecule has 2 atom stereocenters. The molecule has 3 rings (SSSR count). The van der Waals surface area contributed by atoms with E-state index >= 15 is 0 Å². The standard InChI is InChI=1S/C17H20ClNO2S/c18-15-5-2-1-4-13(15)11-19-7-8-21-12-14(19)10-16(20)17-6-3-9-22-17/h1-6,9,14,16,20H,7-8,10-12H2. The highest BCUT2D eigenvalue weighted by Crippen LogP contribution is 2.27. The second-order valence-electron chi connectivity index (χ2n) is 5.56. The monoisotopic (exact) mass is 337 g/mol. The number of morpholine rings is 1. The molecule has 2 aromatic rings. The fraction of sp³-hybridized carbons (Fsp3) is 0.412. The molecule has 1 aliphatic heterocycles. The first-order chi connectivity index (χ1) is 10.7. The van der Waals surface area contributed by atoms with E-state index in [0.29, 0.717) is 13.0 Å². The molecule has 118 valence electrons. The zero-order valence-electron chi connectivity index (χ0n) is 12.3. The highest BCUT2D eigenvalue weighted by atomic mass is 35.5. The Bertz CT molecular complexity index is 590. The van der Waals surface area contributed by atoms with Crippen LogP contribution in [0.2, 0.25) is 5.02 Å². The van der Waals surface area contributed by atoms with E-state index in [1.165, 1.54) is 0 Å². The number of nitrogens with zero attached hydrogens (tertiary/aromatic N) is 1. The summed E-state index contributed by atoms with van der Waals surface area (Å²) in [5, 5.41) is 13.2. The van der Waals surface area contributed by atoms with Gasteiger partial charge in [0.05, 0.1) is 19.3 Å². The predicted octanol–water partition coefficient (Wildman–Crippen LogP) is 3.73. The van der Waals surface area contributed by atoms with Crippen molar-refractivity contribution in [3.05, 3.63) is 57.2 Å². The number of ether oxygens (including phenoxy) is 1. The van der Waals surface area contributed by atoms with Crippen molar-refractivity contribution in [1.82, 2.24) is 4.90 Å². The van der Waals surface area contributed by atoms with E-state index in [1.54, 1.807) is 11.3 Å². The van der Waals surface area contributed by atoms with Crippen LogP contribution < -0.4 is 0 Å². The lowest BCUT2D eigenvalue weighted by atomic mass is 10.0. The van der Waals surface area contributed by atoms with Crippen molar-refractivity contribution < 1.29 is 9.84 Å². The van der Waals surface area contributed by atoms with Crippen molar-refractivity contribution in [3.8, 4) is 0 Å². The first-order valence-electron chi connectivity index (χ1n) is 7.50. The van der Waals surface area contributed by atoms with Crippen LogP contribution in [0.15, 0.2) is 41.8 Å². The minimum atomic E-state index is -0.430. The Morgan fingerprint density at radius 2 is 2.18 bits per heavy atom. The zero-order valence-corrected chi connectivity index (χ0v) is 13.9. The first-order valence-corrected chi connectivity index (χ1v) is 8.76. The topological polar surface area (TPSA) is 32.7 Å². The summed E-state index contributed by atoms with van der Waals surface area (Å²) in [5.41, 5.74) is 1.13. The summed E-state index contributed by atoms with van der Waals surface area (Å²) in [5.74, 6) is 0. The molecule has 1 saturated heterocycles. The van der Waals surface area contributed by atoms with E-state index in [1.807, 2.05) is 35.7 Å². The van der Waals surface area contributed by atoms with E-state index in [-0.39, 0.29) is 6.04 Å². The van der Waals surface area contributed by atoms with Crippen molar-refractivity contribution in [2.75, 3.05) is 19.8 Å². The van der Waals surface area contributed by atoms with Crippen LogP contribution in [0.3, 0.4) is 0 Å². The first kappa shape index (κ1) is 16.0. The van der Waals surface area contributed by atoms with E-state index in [9.17, 15) is 5.11 Å². The SMILES string of the molecule is OC(CC1COCCN1Cc1ccccc1Cl)c1cccs1. The Kier molecular flexibility index (Phi) is 5.50. The molecule has 1 N–H and O–H groups in total. The number of aliphatic hydroxyl groups is 1. The average Bonchev–Trinajstić information content (AvgIpc) is 3.06. The number of benzene rings is 1.